The van der Waals surface area contributed by atoms with E-state index in [2.05, 4.69) is 10.3 Å². The zero-order chi connectivity index (χ0) is 14.0. The molecule has 2 rings (SSSR count). The lowest BCUT2D eigenvalue weighted by Crippen LogP contribution is -2.21. The first-order valence-electron chi connectivity index (χ1n) is 5.30. The molecule has 0 aliphatic rings. The van der Waals surface area contributed by atoms with Crippen LogP contribution < -0.4 is 10.7 Å². The van der Waals surface area contributed by atoms with Crippen molar-refractivity contribution in [3.05, 3.63) is 50.1 Å². The molecule has 6 nitrogen and oxygen atoms in total. The van der Waals surface area contributed by atoms with Gasteiger partial charge in [-0.1, -0.05) is 0 Å². The minimum atomic E-state index is -1.12. The van der Waals surface area contributed by atoms with E-state index in [1.807, 2.05) is 0 Å². The number of aromatic amines is 1. The topological polar surface area (TPSA) is 99.3 Å². The molecule has 3 N–H and O–H groups in total. The second-order valence-electron chi connectivity index (χ2n) is 3.80. The second-order valence-corrected chi connectivity index (χ2v) is 4.68. The van der Waals surface area contributed by atoms with Crippen LogP contribution in [0.15, 0.2) is 28.6 Å². The van der Waals surface area contributed by atoms with Crippen LogP contribution in [0.3, 0.4) is 0 Å². The molecule has 0 bridgehead atoms. The second kappa shape index (κ2) is 5.07. The van der Waals surface area contributed by atoms with Crippen molar-refractivity contribution in [2.24, 2.45) is 0 Å². The molecule has 19 heavy (non-hydrogen) atoms. The summed E-state index contributed by atoms with van der Waals surface area (Å²) in [6, 6.07) is 1.23. The van der Waals surface area contributed by atoms with Gasteiger partial charge >= 0.3 is 5.97 Å². The number of anilines is 1. The maximum atomic E-state index is 11.9. The molecule has 98 valence electrons. The molecule has 2 heterocycles. The first-order valence-corrected chi connectivity index (χ1v) is 6.18. The van der Waals surface area contributed by atoms with Gasteiger partial charge in [-0.05, 0) is 17.9 Å². The number of pyridine rings is 1. The molecule has 1 amide bonds. The molecule has 0 fully saturated rings. The Morgan fingerprint density at radius 2 is 2.16 bits per heavy atom. The minimum absolute atomic E-state index is 0.0400. The van der Waals surface area contributed by atoms with Crippen molar-refractivity contribution in [3.8, 4) is 0 Å². The molecule has 0 saturated heterocycles. The molecular formula is C12H10N2O4S. The molecule has 2 aromatic heterocycles. The Morgan fingerprint density at radius 3 is 2.79 bits per heavy atom. The van der Waals surface area contributed by atoms with Gasteiger partial charge in [0.1, 0.15) is 10.4 Å². The molecule has 2 aromatic rings. The van der Waals surface area contributed by atoms with Crippen LogP contribution in [0.5, 0.6) is 0 Å². The number of aromatic carboxylic acids is 1. The number of carbonyl (C=O) groups excluding carboxylic acids is 1. The van der Waals surface area contributed by atoms with Crippen LogP contribution in [0, 0.1) is 6.92 Å². The Hall–Kier alpha value is -2.41. The number of thiophene rings is 1. The monoisotopic (exact) mass is 278 g/mol. The number of hydrogen-bond donors (Lipinski definition) is 3. The molecule has 0 atom stereocenters. The summed E-state index contributed by atoms with van der Waals surface area (Å²) in [6.07, 6.45) is 2.69. The fourth-order valence-electron chi connectivity index (χ4n) is 1.53. The molecule has 0 unspecified atom stereocenters. The maximum absolute atomic E-state index is 11.9. The van der Waals surface area contributed by atoms with Crippen LogP contribution in [0.4, 0.5) is 5.69 Å². The number of carboxylic acids is 1. The Labute approximate surface area is 111 Å². The maximum Gasteiger partial charge on any atom is 0.348 e. The Balaban J connectivity index is 2.35. The van der Waals surface area contributed by atoms with Crippen LogP contribution in [-0.4, -0.2) is 22.0 Å². The van der Waals surface area contributed by atoms with Gasteiger partial charge in [0.05, 0.1) is 5.69 Å². The summed E-state index contributed by atoms with van der Waals surface area (Å²) in [6.45, 7) is 1.69. The van der Waals surface area contributed by atoms with E-state index in [1.165, 1.54) is 18.5 Å². The smallest absolute Gasteiger partial charge is 0.348 e. The van der Waals surface area contributed by atoms with Gasteiger partial charge in [-0.15, -0.1) is 11.3 Å². The van der Waals surface area contributed by atoms with Gasteiger partial charge < -0.3 is 15.4 Å². The van der Waals surface area contributed by atoms with Crippen LogP contribution in [-0.2, 0) is 0 Å². The highest BCUT2D eigenvalue weighted by Gasteiger charge is 2.19. The number of carbonyl (C=O) groups is 2. The number of amides is 1. The first kappa shape index (κ1) is 13.0. The first-order chi connectivity index (χ1) is 9.00. The van der Waals surface area contributed by atoms with Crippen LogP contribution >= 0.6 is 11.3 Å². The number of aryl methyl sites for hydroxylation is 1. The number of H-pyrrole nitrogens is 1. The van der Waals surface area contributed by atoms with Crippen molar-refractivity contribution < 1.29 is 14.7 Å². The normalized spacial score (nSPS) is 10.2. The van der Waals surface area contributed by atoms with E-state index in [4.69, 9.17) is 5.11 Å². The summed E-state index contributed by atoms with van der Waals surface area (Å²) in [7, 11) is 0. The van der Waals surface area contributed by atoms with Gasteiger partial charge in [0.15, 0.2) is 5.43 Å². The van der Waals surface area contributed by atoms with E-state index in [0.29, 0.717) is 5.56 Å². The lowest BCUT2D eigenvalue weighted by Gasteiger charge is -2.05. The molecular weight excluding hydrogens is 268 g/mol. The summed E-state index contributed by atoms with van der Waals surface area (Å²) in [5.74, 6) is -1.75. The molecule has 0 spiro atoms. The lowest BCUT2D eigenvalue weighted by molar-refractivity contribution is 0.0703. The van der Waals surface area contributed by atoms with E-state index in [9.17, 15) is 14.4 Å². The van der Waals surface area contributed by atoms with E-state index in [1.54, 1.807) is 12.3 Å². The van der Waals surface area contributed by atoms with Crippen molar-refractivity contribution in [1.82, 2.24) is 4.98 Å². The van der Waals surface area contributed by atoms with Gasteiger partial charge in [0.25, 0.3) is 5.91 Å². The Bertz CT molecular complexity index is 702. The predicted molar refractivity (Wildman–Crippen MR) is 71.0 cm³/mol. The third-order valence-electron chi connectivity index (χ3n) is 2.48. The van der Waals surface area contributed by atoms with E-state index < -0.39 is 17.3 Å². The Kier molecular flexibility index (Phi) is 3.48. The number of hydrogen-bond acceptors (Lipinski definition) is 4. The summed E-state index contributed by atoms with van der Waals surface area (Å²) in [5.41, 5.74) is 0.374. The van der Waals surface area contributed by atoms with E-state index in [0.717, 1.165) is 11.3 Å². The number of rotatable bonds is 3. The minimum Gasteiger partial charge on any atom is -0.477 e. The highest BCUT2D eigenvalue weighted by molar-refractivity contribution is 7.12. The van der Waals surface area contributed by atoms with Crippen LogP contribution in [0.25, 0.3) is 0 Å². The van der Waals surface area contributed by atoms with Gasteiger partial charge in [-0.25, -0.2) is 4.79 Å². The summed E-state index contributed by atoms with van der Waals surface area (Å²) < 4.78 is 0. The van der Waals surface area contributed by atoms with Gasteiger partial charge in [0.2, 0.25) is 0 Å². The number of carboxylic acid groups (broad SMARTS) is 1. The third kappa shape index (κ3) is 2.55. The largest absolute Gasteiger partial charge is 0.477 e. The van der Waals surface area contributed by atoms with Crippen molar-refractivity contribution in [2.45, 2.75) is 6.92 Å². The zero-order valence-corrected chi connectivity index (χ0v) is 10.7. The average Bonchev–Trinajstić information content (AvgIpc) is 2.71. The van der Waals surface area contributed by atoms with Crippen LogP contribution in [0.2, 0.25) is 0 Å². The van der Waals surface area contributed by atoms with Crippen molar-refractivity contribution in [3.63, 3.8) is 0 Å². The fourth-order valence-corrected chi connectivity index (χ4v) is 2.37. The average molecular weight is 278 g/mol. The van der Waals surface area contributed by atoms with Crippen molar-refractivity contribution in [1.29, 1.82) is 0 Å². The molecule has 0 aromatic carbocycles. The fraction of sp³-hybridized carbons (Fsp3) is 0.0833. The van der Waals surface area contributed by atoms with E-state index >= 15 is 0 Å². The molecule has 7 heteroatoms. The van der Waals surface area contributed by atoms with Gasteiger partial charge in [-0.2, -0.15) is 0 Å². The Morgan fingerprint density at radius 1 is 1.42 bits per heavy atom. The summed E-state index contributed by atoms with van der Waals surface area (Å²) in [5, 5.41) is 13.1. The van der Waals surface area contributed by atoms with Crippen molar-refractivity contribution in [2.75, 3.05) is 5.32 Å². The SMILES string of the molecule is Cc1csc(C(=O)O)c1NC(=O)c1c[nH]ccc1=O. The molecule has 0 aliphatic heterocycles. The number of aromatic nitrogens is 1. The molecule has 0 radical (unpaired) electrons. The molecule has 0 aliphatic carbocycles. The van der Waals surface area contributed by atoms with E-state index in [-0.39, 0.29) is 16.1 Å². The number of nitrogens with one attached hydrogen (secondary N) is 2. The third-order valence-corrected chi connectivity index (χ3v) is 3.56. The standard InChI is InChI=1S/C12H10N2O4S/c1-6-5-19-10(12(17)18)9(6)14-11(16)7-4-13-3-2-8(7)15/h2-5H,1H3,(H,13,15)(H,14,16)(H,17,18). The quantitative estimate of drug-likeness (QED) is 0.795. The highest BCUT2D eigenvalue weighted by Crippen LogP contribution is 2.27. The van der Waals surface area contributed by atoms with Gasteiger partial charge in [-0.3, -0.25) is 9.59 Å². The van der Waals surface area contributed by atoms with Crippen molar-refractivity contribution >= 4 is 28.9 Å². The highest BCUT2D eigenvalue weighted by atomic mass is 32.1. The predicted octanol–water partition coefficient (Wildman–Crippen LogP) is 1.70. The summed E-state index contributed by atoms with van der Waals surface area (Å²) in [4.78, 5) is 37.1. The molecule has 0 saturated carbocycles. The van der Waals surface area contributed by atoms with Gasteiger partial charge in [0, 0.05) is 18.5 Å². The van der Waals surface area contributed by atoms with Crippen LogP contribution in [0.1, 0.15) is 25.6 Å². The summed E-state index contributed by atoms with van der Waals surface area (Å²) >= 11 is 1.03. The lowest BCUT2D eigenvalue weighted by atomic mass is 10.2. The zero-order valence-electron chi connectivity index (χ0n) is 9.89.